The highest BCUT2D eigenvalue weighted by Gasteiger charge is 2.12. The lowest BCUT2D eigenvalue weighted by Gasteiger charge is -2.02. The van der Waals surface area contributed by atoms with Gasteiger partial charge < -0.3 is 4.74 Å². The summed E-state index contributed by atoms with van der Waals surface area (Å²) in [5, 5.41) is 4.38. The standard InChI is InChI=1S/C21H17N3O2S/c1-3-12-26-17-10-8-16(9-11-17)19-22-21-24(23-19)20(25)18(27-21)13-15-6-4-14(2)5-7-15/h3-11,13H,1,12H2,2H3. The number of fused-ring (bicyclic) bond motifs is 1. The molecule has 0 saturated carbocycles. The van der Waals surface area contributed by atoms with E-state index in [1.54, 1.807) is 6.08 Å². The molecule has 0 aliphatic rings. The molecule has 6 heteroatoms. The highest BCUT2D eigenvalue weighted by molar-refractivity contribution is 7.15. The van der Waals surface area contributed by atoms with Crippen LogP contribution in [-0.4, -0.2) is 21.2 Å². The van der Waals surface area contributed by atoms with Gasteiger partial charge in [-0.05, 0) is 42.8 Å². The number of ether oxygens (including phenoxy) is 1. The van der Waals surface area contributed by atoms with Crippen LogP contribution in [0.4, 0.5) is 0 Å². The smallest absolute Gasteiger partial charge is 0.291 e. The Morgan fingerprint density at radius 3 is 2.56 bits per heavy atom. The topological polar surface area (TPSA) is 56.5 Å². The lowest BCUT2D eigenvalue weighted by atomic mass is 10.1. The molecule has 4 aromatic rings. The maximum Gasteiger partial charge on any atom is 0.291 e. The molecule has 2 aromatic carbocycles. The van der Waals surface area contributed by atoms with Crippen LogP contribution in [0.1, 0.15) is 11.1 Å². The Bertz CT molecular complexity index is 1210. The summed E-state index contributed by atoms with van der Waals surface area (Å²) in [6, 6.07) is 15.5. The minimum Gasteiger partial charge on any atom is -0.490 e. The molecule has 2 heterocycles. The molecule has 0 atom stereocenters. The summed E-state index contributed by atoms with van der Waals surface area (Å²) in [4.78, 5) is 17.7. The van der Waals surface area contributed by atoms with Crippen molar-refractivity contribution in [3.05, 3.63) is 87.2 Å². The van der Waals surface area contributed by atoms with E-state index in [0.29, 0.717) is 21.9 Å². The largest absolute Gasteiger partial charge is 0.490 e. The van der Waals surface area contributed by atoms with Crippen LogP contribution in [0, 0.1) is 6.92 Å². The first-order chi connectivity index (χ1) is 13.1. The fraction of sp³-hybridized carbons (Fsp3) is 0.0952. The predicted octanol–water partition coefficient (Wildman–Crippen LogP) is 3.24. The van der Waals surface area contributed by atoms with E-state index >= 15 is 0 Å². The molecule has 0 radical (unpaired) electrons. The van der Waals surface area contributed by atoms with Crippen LogP contribution in [-0.2, 0) is 0 Å². The third kappa shape index (κ3) is 3.52. The summed E-state index contributed by atoms with van der Waals surface area (Å²) in [5.74, 6) is 1.27. The molecule has 4 rings (SSSR count). The van der Waals surface area contributed by atoms with Crippen molar-refractivity contribution in [1.29, 1.82) is 0 Å². The van der Waals surface area contributed by atoms with Crippen LogP contribution >= 0.6 is 11.3 Å². The first kappa shape index (κ1) is 17.2. The van der Waals surface area contributed by atoms with Gasteiger partial charge in [-0.25, -0.2) is 0 Å². The lowest BCUT2D eigenvalue weighted by Crippen LogP contribution is -2.23. The first-order valence-electron chi connectivity index (χ1n) is 8.46. The Balaban J connectivity index is 1.67. The number of thiazole rings is 1. The number of aryl methyl sites for hydroxylation is 1. The Morgan fingerprint density at radius 1 is 1.15 bits per heavy atom. The van der Waals surface area contributed by atoms with Crippen molar-refractivity contribution in [1.82, 2.24) is 14.6 Å². The molecular formula is C21H17N3O2S. The van der Waals surface area contributed by atoms with Crippen molar-refractivity contribution in [2.75, 3.05) is 6.61 Å². The lowest BCUT2D eigenvalue weighted by molar-refractivity contribution is 0.363. The van der Waals surface area contributed by atoms with Crippen LogP contribution < -0.4 is 14.8 Å². The molecule has 0 N–H and O–H groups in total. The van der Waals surface area contributed by atoms with Crippen LogP contribution in [0.25, 0.3) is 22.4 Å². The average Bonchev–Trinajstić information content (AvgIpc) is 3.22. The van der Waals surface area contributed by atoms with Crippen LogP contribution in [0.15, 0.2) is 66.0 Å². The Kier molecular flexibility index (Phi) is 4.56. The second kappa shape index (κ2) is 7.17. The second-order valence-electron chi connectivity index (χ2n) is 6.08. The van der Waals surface area contributed by atoms with Gasteiger partial charge in [-0.2, -0.15) is 9.50 Å². The van der Waals surface area contributed by atoms with Gasteiger partial charge in [0.15, 0.2) is 5.82 Å². The molecule has 27 heavy (non-hydrogen) atoms. The number of rotatable bonds is 5. The van der Waals surface area contributed by atoms with E-state index in [1.807, 2.05) is 61.5 Å². The number of nitrogens with zero attached hydrogens (tertiary/aromatic N) is 3. The summed E-state index contributed by atoms with van der Waals surface area (Å²) < 4.78 is 7.45. The normalized spacial score (nSPS) is 11.8. The molecular weight excluding hydrogens is 358 g/mol. The summed E-state index contributed by atoms with van der Waals surface area (Å²) in [6.07, 6.45) is 3.56. The van der Waals surface area contributed by atoms with Crippen molar-refractivity contribution in [3.8, 4) is 17.1 Å². The maximum atomic E-state index is 12.6. The van der Waals surface area contributed by atoms with E-state index in [2.05, 4.69) is 16.7 Å². The summed E-state index contributed by atoms with van der Waals surface area (Å²) in [5.41, 5.74) is 2.85. The minimum atomic E-state index is -0.153. The quantitative estimate of drug-likeness (QED) is 0.503. The molecule has 0 aliphatic carbocycles. The number of benzene rings is 2. The van der Waals surface area contributed by atoms with Gasteiger partial charge in [-0.1, -0.05) is 53.8 Å². The molecule has 2 aromatic heterocycles. The molecule has 5 nitrogen and oxygen atoms in total. The summed E-state index contributed by atoms with van der Waals surface area (Å²) in [7, 11) is 0. The van der Waals surface area contributed by atoms with Crippen molar-refractivity contribution in [2.45, 2.75) is 6.92 Å². The van der Waals surface area contributed by atoms with Crippen molar-refractivity contribution in [2.24, 2.45) is 0 Å². The summed E-state index contributed by atoms with van der Waals surface area (Å²) >= 11 is 1.34. The van der Waals surface area contributed by atoms with Gasteiger partial charge in [-0.3, -0.25) is 4.79 Å². The third-order valence-electron chi connectivity index (χ3n) is 4.04. The van der Waals surface area contributed by atoms with Crippen molar-refractivity contribution in [3.63, 3.8) is 0 Å². The Hall–Kier alpha value is -3.25. The molecule has 0 aliphatic heterocycles. The van der Waals surface area contributed by atoms with Gasteiger partial charge in [0, 0.05) is 5.56 Å². The molecule has 0 fully saturated rings. The fourth-order valence-corrected chi connectivity index (χ4v) is 3.53. The van der Waals surface area contributed by atoms with E-state index in [4.69, 9.17) is 4.74 Å². The van der Waals surface area contributed by atoms with Gasteiger partial charge in [0.25, 0.3) is 5.56 Å². The van der Waals surface area contributed by atoms with E-state index in [0.717, 1.165) is 16.9 Å². The minimum absolute atomic E-state index is 0.153. The molecule has 0 bridgehead atoms. The molecule has 0 amide bonds. The average molecular weight is 375 g/mol. The molecule has 0 spiro atoms. The van der Waals surface area contributed by atoms with Gasteiger partial charge in [0.05, 0.1) is 4.53 Å². The predicted molar refractivity (Wildman–Crippen MR) is 108 cm³/mol. The van der Waals surface area contributed by atoms with Gasteiger partial charge in [-0.15, -0.1) is 5.10 Å². The third-order valence-corrected chi connectivity index (χ3v) is 5.00. The Labute approximate surface area is 159 Å². The van der Waals surface area contributed by atoms with Gasteiger partial charge >= 0.3 is 0 Å². The zero-order valence-electron chi connectivity index (χ0n) is 14.8. The zero-order valence-corrected chi connectivity index (χ0v) is 15.6. The summed E-state index contributed by atoms with van der Waals surface area (Å²) in [6.45, 7) is 6.12. The molecule has 0 saturated heterocycles. The monoisotopic (exact) mass is 375 g/mol. The SMILES string of the molecule is C=CCOc1ccc(-c2nc3sc(=Cc4ccc(C)cc4)c(=O)n3n2)cc1. The van der Waals surface area contributed by atoms with E-state index in [9.17, 15) is 4.79 Å². The van der Waals surface area contributed by atoms with E-state index < -0.39 is 0 Å². The number of hydrogen-bond acceptors (Lipinski definition) is 5. The highest BCUT2D eigenvalue weighted by atomic mass is 32.1. The van der Waals surface area contributed by atoms with Crippen molar-refractivity contribution >= 4 is 22.4 Å². The zero-order chi connectivity index (χ0) is 18.8. The van der Waals surface area contributed by atoms with Crippen LogP contribution in [0.3, 0.4) is 0 Å². The van der Waals surface area contributed by atoms with E-state index in [1.165, 1.54) is 21.4 Å². The van der Waals surface area contributed by atoms with E-state index in [-0.39, 0.29) is 5.56 Å². The number of aromatic nitrogens is 3. The number of hydrogen-bond donors (Lipinski definition) is 0. The van der Waals surface area contributed by atoms with Crippen LogP contribution in [0.2, 0.25) is 0 Å². The molecule has 134 valence electrons. The first-order valence-corrected chi connectivity index (χ1v) is 9.28. The Morgan fingerprint density at radius 2 is 1.89 bits per heavy atom. The van der Waals surface area contributed by atoms with Crippen LogP contribution in [0.5, 0.6) is 5.75 Å². The highest BCUT2D eigenvalue weighted by Crippen LogP contribution is 2.20. The molecule has 0 unspecified atom stereocenters. The van der Waals surface area contributed by atoms with Gasteiger partial charge in [0.2, 0.25) is 4.96 Å². The fourth-order valence-electron chi connectivity index (χ4n) is 2.63. The second-order valence-corrected chi connectivity index (χ2v) is 7.09. The van der Waals surface area contributed by atoms with Gasteiger partial charge in [0.1, 0.15) is 12.4 Å². The van der Waals surface area contributed by atoms with Crippen molar-refractivity contribution < 1.29 is 4.74 Å². The maximum absolute atomic E-state index is 12.6.